The smallest absolute Gasteiger partial charge is 0.260 e. The number of methoxy groups -OCH3 is 1. The Morgan fingerprint density at radius 1 is 1.00 bits per heavy atom. The molecule has 50 heavy (non-hydrogen) atoms. The van der Waals surface area contributed by atoms with Gasteiger partial charge in [-0.1, -0.05) is 12.1 Å². The van der Waals surface area contributed by atoms with Gasteiger partial charge < -0.3 is 15.0 Å². The number of piperazine rings is 1. The van der Waals surface area contributed by atoms with Crippen LogP contribution < -0.4 is 20.3 Å². The lowest BCUT2D eigenvalue weighted by molar-refractivity contribution is -0.134. The Morgan fingerprint density at radius 3 is 2.56 bits per heavy atom. The van der Waals surface area contributed by atoms with Crippen molar-refractivity contribution in [2.24, 2.45) is 5.92 Å². The molecule has 258 valence electrons. The second-order valence-electron chi connectivity index (χ2n) is 13.7. The summed E-state index contributed by atoms with van der Waals surface area (Å²) in [5, 5.41) is 15.5. The summed E-state index contributed by atoms with van der Waals surface area (Å²) in [6.45, 7) is 5.14. The molecule has 3 fully saturated rings. The number of fused-ring (bicyclic) bond motifs is 2. The molecule has 3 aliphatic rings. The second kappa shape index (κ2) is 13.5. The number of hydrogen-bond acceptors (Lipinski definition) is 9. The van der Waals surface area contributed by atoms with Gasteiger partial charge in [0, 0.05) is 68.7 Å². The Bertz CT molecular complexity index is 2040. The van der Waals surface area contributed by atoms with E-state index in [9.17, 15) is 14.4 Å². The highest BCUT2D eigenvalue weighted by molar-refractivity contribution is 6.08. The third-order valence-electron chi connectivity index (χ3n) is 10.6. The summed E-state index contributed by atoms with van der Waals surface area (Å²) >= 11 is 0. The van der Waals surface area contributed by atoms with Crippen molar-refractivity contribution in [2.75, 3.05) is 50.1 Å². The van der Waals surface area contributed by atoms with Crippen LogP contribution in [-0.2, 0) is 9.59 Å². The van der Waals surface area contributed by atoms with Gasteiger partial charge >= 0.3 is 0 Å². The predicted molar refractivity (Wildman–Crippen MR) is 188 cm³/mol. The van der Waals surface area contributed by atoms with E-state index in [0.717, 1.165) is 74.9 Å². The van der Waals surface area contributed by atoms with Crippen molar-refractivity contribution in [1.29, 1.82) is 0 Å². The van der Waals surface area contributed by atoms with Crippen molar-refractivity contribution < 1.29 is 19.1 Å². The number of rotatable bonds is 8. The number of benzene rings is 2. The van der Waals surface area contributed by atoms with E-state index in [1.807, 2.05) is 30.3 Å². The molecule has 13 heteroatoms. The van der Waals surface area contributed by atoms with Crippen molar-refractivity contribution in [1.82, 2.24) is 34.6 Å². The fraction of sp³-hybridized carbons (Fsp3) is 0.405. The zero-order valence-electron chi connectivity index (χ0n) is 28.1. The van der Waals surface area contributed by atoms with Crippen molar-refractivity contribution in [3.8, 4) is 5.75 Å². The lowest BCUT2D eigenvalue weighted by atomic mass is 9.85. The number of piperidine rings is 1. The lowest BCUT2D eigenvalue weighted by Gasteiger charge is -2.39. The number of nitrogens with one attached hydrogen (secondary N) is 2. The Labute approximate surface area is 289 Å². The number of carbonyl (C=O) groups is 3. The molecule has 2 aliphatic heterocycles. The highest BCUT2D eigenvalue weighted by Crippen LogP contribution is 2.35. The van der Waals surface area contributed by atoms with Crippen LogP contribution in [-0.4, -0.2) is 86.8 Å². The minimum Gasteiger partial charge on any atom is -0.496 e. The van der Waals surface area contributed by atoms with Gasteiger partial charge in [-0.25, -0.2) is 4.98 Å². The van der Waals surface area contributed by atoms with Crippen LogP contribution in [0.1, 0.15) is 66.4 Å². The van der Waals surface area contributed by atoms with Gasteiger partial charge in [0.25, 0.3) is 5.91 Å². The molecule has 0 radical (unpaired) electrons. The van der Waals surface area contributed by atoms with Crippen molar-refractivity contribution in [2.45, 2.75) is 50.5 Å². The molecule has 1 aliphatic carbocycles. The number of carbonyl (C=O) groups excluding carboxylic acids is 3. The minimum absolute atomic E-state index is 0.181. The molecule has 3 amide bonds. The molecule has 0 bridgehead atoms. The topological polar surface area (TPSA) is 139 Å². The largest absolute Gasteiger partial charge is 0.496 e. The number of imide groups is 1. The van der Waals surface area contributed by atoms with Gasteiger partial charge in [-0.2, -0.15) is 14.7 Å². The Hall–Kier alpha value is -5.30. The van der Waals surface area contributed by atoms with Gasteiger partial charge in [0.15, 0.2) is 11.5 Å². The number of anilines is 2. The standard InChI is InChI=1S/C37H41N9O4/c1-50-32-20-31-26(19-30(32)37(49)40-34-21-38-33-3-2-14-39-46(33)34)23-45(42-31)28-8-4-24(5-9-28)22-43-15-17-44(18-16-43)27-10-6-25(7-11-27)29-12-13-35(47)41-36(29)48/h2-3,6-7,10-11,14,19-21,23-24,28-29H,4-5,8-9,12-13,15-18,22H2,1H3,(H,40,49)(H,41,47,48). The first-order valence-electron chi connectivity index (χ1n) is 17.5. The van der Waals surface area contributed by atoms with E-state index in [1.165, 1.54) is 5.69 Å². The first kappa shape index (κ1) is 31.9. The normalized spacial score (nSPS) is 21.8. The Kier molecular flexibility index (Phi) is 8.65. The molecular formula is C37H41N9O4. The molecule has 2 N–H and O–H groups in total. The van der Waals surface area contributed by atoms with Crippen LogP contribution in [0.3, 0.4) is 0 Å². The first-order valence-corrected chi connectivity index (χ1v) is 17.5. The van der Waals surface area contributed by atoms with Gasteiger partial charge in [-0.15, -0.1) is 0 Å². The van der Waals surface area contributed by atoms with Crippen molar-refractivity contribution in [3.63, 3.8) is 0 Å². The molecule has 5 aromatic rings. The number of aromatic nitrogens is 5. The van der Waals surface area contributed by atoms with Crippen LogP contribution in [0.15, 0.2) is 67.1 Å². The fourth-order valence-electron chi connectivity index (χ4n) is 7.78. The van der Waals surface area contributed by atoms with E-state index in [2.05, 4.69) is 53.5 Å². The van der Waals surface area contributed by atoms with Crippen molar-refractivity contribution in [3.05, 3.63) is 78.2 Å². The van der Waals surface area contributed by atoms with Gasteiger partial charge in [0.1, 0.15) is 5.75 Å². The van der Waals surface area contributed by atoms with E-state index in [0.29, 0.717) is 47.6 Å². The van der Waals surface area contributed by atoms with Crippen molar-refractivity contribution >= 4 is 45.8 Å². The molecule has 5 heterocycles. The van der Waals surface area contributed by atoms with Crippen LogP contribution in [0.4, 0.5) is 11.5 Å². The zero-order chi connectivity index (χ0) is 34.2. The zero-order valence-corrected chi connectivity index (χ0v) is 28.1. The van der Waals surface area contributed by atoms with Gasteiger partial charge in [0.05, 0.1) is 36.3 Å². The second-order valence-corrected chi connectivity index (χ2v) is 13.7. The number of imidazole rings is 1. The Balaban J connectivity index is 0.840. The van der Waals surface area contributed by atoms with Crippen LogP contribution in [0.2, 0.25) is 0 Å². The monoisotopic (exact) mass is 675 g/mol. The van der Waals surface area contributed by atoms with E-state index < -0.39 is 0 Å². The van der Waals surface area contributed by atoms with E-state index in [4.69, 9.17) is 9.84 Å². The fourth-order valence-corrected chi connectivity index (χ4v) is 7.78. The minimum atomic E-state index is -0.298. The van der Waals surface area contributed by atoms with Crippen LogP contribution in [0.25, 0.3) is 16.6 Å². The van der Waals surface area contributed by atoms with Crippen LogP contribution in [0.5, 0.6) is 5.75 Å². The molecule has 1 atom stereocenters. The first-order chi connectivity index (χ1) is 24.4. The summed E-state index contributed by atoms with van der Waals surface area (Å²) in [5.41, 5.74) is 4.04. The van der Waals surface area contributed by atoms with Gasteiger partial charge in [-0.3, -0.25) is 29.3 Å². The SMILES string of the molecule is COc1cc2nn(C3CCC(CN4CCN(c5ccc(C6CCC(=O)NC6=O)cc5)CC4)CC3)cc2cc1C(=O)Nc1cnc2cccnn12. The summed E-state index contributed by atoms with van der Waals surface area (Å²) < 4.78 is 9.28. The van der Waals surface area contributed by atoms with Gasteiger partial charge in [-0.05, 0) is 73.9 Å². The number of hydrogen-bond donors (Lipinski definition) is 2. The predicted octanol–water partition coefficient (Wildman–Crippen LogP) is 4.41. The maximum absolute atomic E-state index is 13.3. The summed E-state index contributed by atoms with van der Waals surface area (Å²) in [7, 11) is 1.56. The number of nitrogens with zero attached hydrogens (tertiary/aromatic N) is 7. The Morgan fingerprint density at radius 2 is 1.80 bits per heavy atom. The quantitative estimate of drug-likeness (QED) is 0.229. The molecule has 2 aromatic carbocycles. The van der Waals surface area contributed by atoms with Crippen LogP contribution in [0, 0.1) is 5.92 Å². The number of ether oxygens (including phenoxy) is 1. The highest BCUT2D eigenvalue weighted by Gasteiger charge is 2.29. The summed E-state index contributed by atoms with van der Waals surface area (Å²) in [6, 6.07) is 15.9. The molecule has 8 rings (SSSR count). The average molecular weight is 676 g/mol. The molecule has 0 spiro atoms. The molecule has 3 aromatic heterocycles. The maximum Gasteiger partial charge on any atom is 0.260 e. The van der Waals surface area contributed by atoms with Crippen LogP contribution >= 0.6 is 0 Å². The van der Waals surface area contributed by atoms with Gasteiger partial charge in [0.2, 0.25) is 11.8 Å². The lowest BCUT2D eigenvalue weighted by Crippen LogP contribution is -2.48. The summed E-state index contributed by atoms with van der Waals surface area (Å²) in [4.78, 5) is 46.5. The maximum atomic E-state index is 13.3. The third kappa shape index (κ3) is 6.40. The third-order valence-corrected chi connectivity index (χ3v) is 10.6. The molecule has 2 saturated heterocycles. The number of amides is 3. The summed E-state index contributed by atoms with van der Waals surface area (Å²) in [6.07, 6.45) is 10.7. The molecule has 1 unspecified atom stereocenters. The molecule has 1 saturated carbocycles. The summed E-state index contributed by atoms with van der Waals surface area (Å²) in [5.74, 6) is 0.706. The van der Waals surface area contributed by atoms with E-state index >= 15 is 0 Å². The molecule has 13 nitrogen and oxygen atoms in total. The molecular weight excluding hydrogens is 634 g/mol. The highest BCUT2D eigenvalue weighted by atomic mass is 16.5. The average Bonchev–Trinajstić information content (AvgIpc) is 3.76. The van der Waals surface area contributed by atoms with E-state index in [-0.39, 0.29) is 23.6 Å². The van der Waals surface area contributed by atoms with E-state index in [1.54, 1.807) is 30.1 Å².